The molecule has 4 nitrogen and oxygen atoms in total. The van der Waals surface area contributed by atoms with E-state index in [1.807, 2.05) is 48.5 Å². The molecule has 0 atom stereocenters. The van der Waals surface area contributed by atoms with Crippen molar-refractivity contribution in [3.8, 4) is 63.2 Å². The van der Waals surface area contributed by atoms with Gasteiger partial charge in [0.1, 0.15) is 20.0 Å². The summed E-state index contributed by atoms with van der Waals surface area (Å²) in [5, 5.41) is 2.65. The second-order valence-corrected chi connectivity index (χ2v) is 17.3. The van der Waals surface area contributed by atoms with Crippen molar-refractivity contribution in [1.82, 2.24) is 19.9 Å². The Morgan fingerprint density at radius 1 is 0.333 bits per heavy atom. The number of thiazole rings is 4. The Balaban J connectivity index is 0.887. The predicted molar refractivity (Wildman–Crippen MR) is 214 cm³/mol. The molecule has 10 aromatic rings. The molecule has 0 aliphatic heterocycles. The second kappa shape index (κ2) is 14.3. The molecule has 6 aromatic carbocycles. The minimum absolute atomic E-state index is 0.351. The van der Waals surface area contributed by atoms with Gasteiger partial charge in [0.25, 0.3) is 0 Å². The highest BCUT2D eigenvalue weighted by atomic mass is 32.1. The molecule has 0 aliphatic carbocycles. The van der Waals surface area contributed by atoms with Crippen LogP contribution in [0.25, 0.3) is 94.4 Å². The molecule has 296 valence electrons. The fourth-order valence-electron chi connectivity index (χ4n) is 6.53. The maximum absolute atomic E-state index is 14.4. The lowest BCUT2D eigenvalue weighted by molar-refractivity contribution is 0.381. The molecule has 0 bridgehead atoms. The topological polar surface area (TPSA) is 51.6 Å². The van der Waals surface area contributed by atoms with Crippen LogP contribution in [0.4, 0.5) is 43.9 Å². The Kier molecular flexibility index (Phi) is 9.08. The summed E-state index contributed by atoms with van der Waals surface area (Å²) in [5.41, 5.74) is 2.20. The van der Waals surface area contributed by atoms with Gasteiger partial charge in [-0.2, -0.15) is 0 Å². The first-order chi connectivity index (χ1) is 28.8. The molecule has 0 radical (unpaired) electrons. The van der Waals surface area contributed by atoms with E-state index in [9.17, 15) is 43.9 Å². The largest absolute Gasteiger partial charge is 0.244 e. The van der Waals surface area contributed by atoms with E-state index in [0.29, 0.717) is 20.9 Å². The Labute approximate surface area is 345 Å². The first-order valence-electron chi connectivity index (χ1n) is 17.2. The predicted octanol–water partition coefficient (Wildman–Crippen LogP) is 14.4. The molecule has 0 saturated carbocycles. The third-order valence-electron chi connectivity index (χ3n) is 9.54. The van der Waals surface area contributed by atoms with E-state index < -0.39 is 69.3 Å². The quantitative estimate of drug-likeness (QED) is 0.0948. The normalized spacial score (nSPS) is 11.8. The van der Waals surface area contributed by atoms with Crippen molar-refractivity contribution in [2.24, 2.45) is 0 Å². The summed E-state index contributed by atoms with van der Waals surface area (Å²) in [5.74, 6) is -20.4. The maximum Gasteiger partial charge on any atom is 0.200 e. The Morgan fingerprint density at radius 3 is 1.00 bits per heavy atom. The van der Waals surface area contributed by atoms with Gasteiger partial charge in [-0.25, -0.2) is 63.8 Å². The molecule has 0 N–H and O–H groups in total. The average molecular weight is 893 g/mol. The Hall–Kier alpha value is -6.08. The number of rotatable bonds is 6. The highest BCUT2D eigenvalue weighted by Crippen LogP contribution is 2.42. The van der Waals surface area contributed by atoms with Gasteiger partial charge in [0.05, 0.1) is 41.3 Å². The van der Waals surface area contributed by atoms with Crippen molar-refractivity contribution in [2.75, 3.05) is 0 Å². The van der Waals surface area contributed by atoms with Gasteiger partial charge in [-0.1, -0.05) is 48.5 Å². The third-order valence-corrected chi connectivity index (χ3v) is 13.8. The van der Waals surface area contributed by atoms with E-state index in [4.69, 9.17) is 9.97 Å². The minimum Gasteiger partial charge on any atom is -0.244 e. The van der Waals surface area contributed by atoms with Gasteiger partial charge in [-0.05, 0) is 46.2 Å². The molecule has 60 heavy (non-hydrogen) atoms. The average Bonchev–Trinajstić information content (AvgIpc) is 4.09. The number of hydrogen-bond donors (Lipinski definition) is 0. The van der Waals surface area contributed by atoms with Crippen molar-refractivity contribution in [3.63, 3.8) is 0 Å². The van der Waals surface area contributed by atoms with E-state index in [2.05, 4.69) is 9.97 Å². The molecular weight excluding hydrogens is 879 g/mol. The summed E-state index contributed by atoms with van der Waals surface area (Å²) < 4.78 is 142. The summed E-state index contributed by atoms with van der Waals surface area (Å²) >= 11 is 4.52. The molecule has 18 heteroatoms. The number of aromatic nitrogens is 4. The number of fused-ring (bicyclic) bond motifs is 3. The zero-order valence-corrected chi connectivity index (χ0v) is 32.6. The molecule has 0 unspecified atom stereocenters. The van der Waals surface area contributed by atoms with Gasteiger partial charge < -0.3 is 0 Å². The van der Waals surface area contributed by atoms with E-state index in [1.54, 1.807) is 24.3 Å². The van der Waals surface area contributed by atoms with Crippen molar-refractivity contribution in [2.45, 2.75) is 0 Å². The van der Waals surface area contributed by atoms with Gasteiger partial charge >= 0.3 is 0 Å². The van der Waals surface area contributed by atoms with Crippen LogP contribution < -0.4 is 0 Å². The molecule has 0 amide bonds. The first-order valence-corrected chi connectivity index (χ1v) is 20.4. The Bertz CT molecular complexity index is 3040. The van der Waals surface area contributed by atoms with Crippen molar-refractivity contribution in [1.29, 1.82) is 0 Å². The minimum atomic E-state index is -2.24. The van der Waals surface area contributed by atoms with E-state index >= 15 is 0 Å². The lowest BCUT2D eigenvalue weighted by atomic mass is 10.1. The second-order valence-electron chi connectivity index (χ2n) is 13.1. The maximum atomic E-state index is 14.4. The molecule has 10 rings (SSSR count). The van der Waals surface area contributed by atoms with Crippen LogP contribution in [-0.2, 0) is 0 Å². The van der Waals surface area contributed by atoms with Crippen LogP contribution in [0.2, 0.25) is 0 Å². The van der Waals surface area contributed by atoms with Crippen LogP contribution in [0.3, 0.4) is 0 Å². The van der Waals surface area contributed by atoms with E-state index in [-0.39, 0.29) is 10.0 Å². The fraction of sp³-hybridized carbons (Fsp3) is 0. The van der Waals surface area contributed by atoms with E-state index in [1.165, 1.54) is 35.1 Å². The summed E-state index contributed by atoms with van der Waals surface area (Å²) in [7, 11) is 0. The number of benzene rings is 6. The highest BCUT2D eigenvalue weighted by Gasteiger charge is 2.30. The number of halogens is 10. The Morgan fingerprint density at radius 2 is 0.650 bits per heavy atom. The van der Waals surface area contributed by atoms with Gasteiger partial charge in [-0.3, -0.25) is 0 Å². The third kappa shape index (κ3) is 6.15. The van der Waals surface area contributed by atoms with E-state index in [0.717, 1.165) is 75.0 Å². The number of hydrogen-bond acceptors (Lipinski definition) is 8. The van der Waals surface area contributed by atoms with Crippen molar-refractivity contribution < 1.29 is 43.9 Å². The highest BCUT2D eigenvalue weighted by molar-refractivity contribution is 7.22. The van der Waals surface area contributed by atoms with Gasteiger partial charge in [0.15, 0.2) is 46.5 Å². The van der Waals surface area contributed by atoms with Crippen LogP contribution in [0.1, 0.15) is 0 Å². The van der Waals surface area contributed by atoms with Crippen LogP contribution in [0, 0.1) is 58.2 Å². The SMILES string of the molecule is Fc1c(F)c(F)c(-c2ncc(-c3ccc(-c4nc5cc6cc7sc(-c8ccc(-c9cnc(-c%10c(F)c(F)c(F)c(F)c%10F)s9)cc8)nc7cc6cc5s4)cc3)s2)c(F)c1F. The molecule has 0 saturated heterocycles. The molecule has 4 aromatic heterocycles. The summed E-state index contributed by atoms with van der Waals surface area (Å²) in [6.07, 6.45) is 2.61. The van der Waals surface area contributed by atoms with Crippen LogP contribution >= 0.6 is 45.3 Å². The van der Waals surface area contributed by atoms with Crippen molar-refractivity contribution >= 4 is 76.6 Å². The van der Waals surface area contributed by atoms with Crippen LogP contribution in [0.5, 0.6) is 0 Å². The van der Waals surface area contributed by atoms with Gasteiger partial charge in [-0.15, -0.1) is 45.3 Å². The molecule has 0 spiro atoms. The number of nitrogens with zero attached hydrogens (tertiary/aromatic N) is 4. The molecule has 0 aliphatic rings. The van der Waals surface area contributed by atoms with Crippen LogP contribution in [0.15, 0.2) is 85.2 Å². The smallest absolute Gasteiger partial charge is 0.200 e. The monoisotopic (exact) mass is 892 g/mol. The molecule has 4 heterocycles. The molecule has 0 fully saturated rings. The summed E-state index contributed by atoms with van der Waals surface area (Å²) in [4.78, 5) is 18.5. The van der Waals surface area contributed by atoms with Crippen molar-refractivity contribution in [3.05, 3.63) is 143 Å². The van der Waals surface area contributed by atoms with Crippen LogP contribution in [-0.4, -0.2) is 19.9 Å². The zero-order valence-electron chi connectivity index (χ0n) is 29.3. The zero-order chi connectivity index (χ0) is 41.7. The van der Waals surface area contributed by atoms with Gasteiger partial charge in [0, 0.05) is 23.5 Å². The first kappa shape index (κ1) is 38.1. The summed E-state index contributed by atoms with van der Waals surface area (Å²) in [6.45, 7) is 0. The fourth-order valence-corrected chi connectivity index (χ4v) is 10.4. The summed E-state index contributed by atoms with van der Waals surface area (Å²) in [6, 6.07) is 22.3. The lowest BCUT2D eigenvalue weighted by Crippen LogP contribution is -2.03. The van der Waals surface area contributed by atoms with Gasteiger partial charge in [0.2, 0.25) is 11.6 Å². The lowest BCUT2D eigenvalue weighted by Gasteiger charge is -2.05. The molecular formula is C42H14F10N4S4. The standard InChI is InChI=1S/C42H14F10N4S4/c43-29-27(30(44)34(48)37(51)33(29)47)41-53-13-25(59-41)15-1-5-17(6-2-15)39-55-21-9-19-12-24-22(10-20(19)11-23(21)57-39)56-40(58-24)18-7-3-16(4-8-18)26-14-54-42(60-26)28-31(45)35(49)38(52)36(50)32(28)46/h1-14H.